The molecule has 0 saturated carbocycles. The first-order valence-electron chi connectivity index (χ1n) is 9.18. The van der Waals surface area contributed by atoms with E-state index >= 15 is 0 Å². The predicted molar refractivity (Wildman–Crippen MR) is 117 cm³/mol. The largest absolute Gasteiger partial charge is 0.420 e. The van der Waals surface area contributed by atoms with Crippen LogP contribution in [0.5, 0.6) is 5.88 Å². The fraction of sp³-hybridized carbons (Fsp3) is 0.0435. The molecule has 1 atom stereocenters. The summed E-state index contributed by atoms with van der Waals surface area (Å²) in [7, 11) is 0. The van der Waals surface area contributed by atoms with Crippen molar-refractivity contribution < 1.29 is 4.74 Å². The van der Waals surface area contributed by atoms with Gasteiger partial charge in [0, 0.05) is 21.2 Å². The fourth-order valence-corrected chi connectivity index (χ4v) is 4.58. The van der Waals surface area contributed by atoms with Crippen LogP contribution in [-0.4, -0.2) is 10.2 Å². The summed E-state index contributed by atoms with van der Waals surface area (Å²) in [6, 6.07) is 21.5. The molecule has 0 unspecified atom stereocenters. The van der Waals surface area contributed by atoms with Crippen LogP contribution >= 0.6 is 23.2 Å². The molecule has 0 spiro atoms. The lowest BCUT2D eigenvalue weighted by atomic mass is 9.82. The van der Waals surface area contributed by atoms with Crippen LogP contribution in [0.4, 0.5) is 0 Å². The summed E-state index contributed by atoms with van der Waals surface area (Å²) in [6.45, 7) is 0. The third-order valence-corrected chi connectivity index (χ3v) is 5.95. The minimum absolute atomic E-state index is 0.0121. The third-order valence-electron chi connectivity index (χ3n) is 5.29. The number of aromatic nitrogens is 2. The standard InChI is InChI=1S/C23H14Cl2N4O/c24-16-9-4-10-17(25)19(16)18-15(11-26)22(27)30-23-20(18)21(28-29-23)14-8-3-6-12-5-1-2-7-13(12)14/h1-10,18H,27H2,(H,28,29)/t18-/m1/s1. The first kappa shape index (κ1) is 18.6. The predicted octanol–water partition coefficient (Wildman–Crippen LogP) is 5.75. The van der Waals surface area contributed by atoms with E-state index in [9.17, 15) is 5.26 Å². The zero-order valence-electron chi connectivity index (χ0n) is 15.5. The van der Waals surface area contributed by atoms with E-state index in [1.165, 1.54) is 0 Å². The molecule has 146 valence electrons. The van der Waals surface area contributed by atoms with Crippen molar-refractivity contribution in [3.8, 4) is 23.2 Å². The van der Waals surface area contributed by atoms with E-state index in [0.29, 0.717) is 27.1 Å². The normalized spacial score (nSPS) is 15.6. The molecule has 0 bridgehead atoms. The molecule has 3 aromatic carbocycles. The number of ether oxygens (including phenoxy) is 1. The number of benzene rings is 3. The van der Waals surface area contributed by atoms with E-state index in [1.54, 1.807) is 18.2 Å². The molecule has 7 heteroatoms. The number of nitrogens with zero attached hydrogens (tertiary/aromatic N) is 2. The van der Waals surface area contributed by atoms with E-state index in [0.717, 1.165) is 22.0 Å². The maximum Gasteiger partial charge on any atom is 0.244 e. The maximum atomic E-state index is 9.89. The summed E-state index contributed by atoms with van der Waals surface area (Å²) < 4.78 is 5.69. The SMILES string of the molecule is N#CC1=C(N)Oc2n[nH]c(-c3cccc4ccccc34)c2[C@H]1c1c(Cl)cccc1Cl. The molecule has 1 aliphatic heterocycles. The van der Waals surface area contributed by atoms with Crippen molar-refractivity contribution in [3.05, 3.63) is 93.3 Å². The number of H-pyrrole nitrogens is 1. The molecule has 5 nitrogen and oxygen atoms in total. The molecule has 4 aromatic rings. The average Bonchev–Trinajstić information content (AvgIpc) is 3.16. The Morgan fingerprint density at radius 3 is 2.43 bits per heavy atom. The Morgan fingerprint density at radius 1 is 0.967 bits per heavy atom. The van der Waals surface area contributed by atoms with Crippen molar-refractivity contribution in [3.63, 3.8) is 0 Å². The summed E-state index contributed by atoms with van der Waals surface area (Å²) in [6.07, 6.45) is 0. The van der Waals surface area contributed by atoms with E-state index in [-0.39, 0.29) is 11.5 Å². The number of rotatable bonds is 2. The first-order valence-corrected chi connectivity index (χ1v) is 9.93. The fourth-order valence-electron chi connectivity index (χ4n) is 3.97. The molecule has 3 N–H and O–H groups in total. The van der Waals surface area contributed by atoms with Gasteiger partial charge >= 0.3 is 0 Å². The molecule has 2 heterocycles. The van der Waals surface area contributed by atoms with Crippen molar-refractivity contribution in [1.82, 2.24) is 10.2 Å². The number of nitrogens with one attached hydrogen (secondary N) is 1. The van der Waals surface area contributed by atoms with Gasteiger partial charge in [-0.25, -0.2) is 0 Å². The van der Waals surface area contributed by atoms with Crippen LogP contribution in [0.15, 0.2) is 72.1 Å². The first-order chi connectivity index (χ1) is 14.6. The smallest absolute Gasteiger partial charge is 0.244 e. The monoisotopic (exact) mass is 432 g/mol. The summed E-state index contributed by atoms with van der Waals surface area (Å²) in [5.41, 5.74) is 9.22. The van der Waals surface area contributed by atoms with Gasteiger partial charge in [0.25, 0.3) is 0 Å². The number of fused-ring (bicyclic) bond motifs is 2. The van der Waals surface area contributed by atoms with Gasteiger partial charge in [-0.3, -0.25) is 5.10 Å². The molecule has 0 saturated heterocycles. The van der Waals surface area contributed by atoms with E-state index < -0.39 is 5.92 Å². The highest BCUT2D eigenvalue weighted by molar-refractivity contribution is 6.36. The van der Waals surface area contributed by atoms with Crippen molar-refractivity contribution in [2.45, 2.75) is 5.92 Å². The number of aromatic amines is 1. The van der Waals surface area contributed by atoms with Gasteiger partial charge < -0.3 is 10.5 Å². The third kappa shape index (κ3) is 2.73. The number of allylic oxidation sites excluding steroid dienone is 1. The number of nitriles is 1. The molecule has 30 heavy (non-hydrogen) atoms. The van der Waals surface area contributed by atoms with Crippen LogP contribution in [0.1, 0.15) is 17.0 Å². The number of halogens is 2. The highest BCUT2D eigenvalue weighted by atomic mass is 35.5. The highest BCUT2D eigenvalue weighted by Crippen LogP contribution is 2.49. The van der Waals surface area contributed by atoms with Crippen LogP contribution in [-0.2, 0) is 0 Å². The number of hydrogen-bond acceptors (Lipinski definition) is 4. The number of hydrogen-bond donors (Lipinski definition) is 2. The van der Waals surface area contributed by atoms with Gasteiger partial charge in [0.15, 0.2) is 0 Å². The maximum absolute atomic E-state index is 9.89. The molecule has 1 aromatic heterocycles. The Kier molecular flexibility index (Phi) is 4.39. The summed E-state index contributed by atoms with van der Waals surface area (Å²) >= 11 is 13.1. The van der Waals surface area contributed by atoms with Gasteiger partial charge in [0.05, 0.1) is 17.2 Å². The van der Waals surface area contributed by atoms with Crippen LogP contribution in [0.3, 0.4) is 0 Å². The lowest BCUT2D eigenvalue weighted by Crippen LogP contribution is -2.21. The quantitative estimate of drug-likeness (QED) is 0.421. The van der Waals surface area contributed by atoms with Crippen molar-refractivity contribution in [2.75, 3.05) is 0 Å². The lowest BCUT2D eigenvalue weighted by Gasteiger charge is -2.25. The zero-order valence-corrected chi connectivity index (χ0v) is 17.0. The van der Waals surface area contributed by atoms with Crippen LogP contribution in [0.25, 0.3) is 22.0 Å². The Bertz CT molecular complexity index is 1360. The Balaban J connectivity index is 1.84. The molecule has 0 aliphatic carbocycles. The number of nitrogens with two attached hydrogens (primary N) is 1. The van der Waals surface area contributed by atoms with Gasteiger partial charge in [-0.1, -0.05) is 71.7 Å². The second-order valence-electron chi connectivity index (χ2n) is 6.90. The second-order valence-corrected chi connectivity index (χ2v) is 7.72. The molecular formula is C23H14Cl2N4O. The molecule has 1 aliphatic rings. The minimum Gasteiger partial charge on any atom is -0.420 e. The molecule has 5 rings (SSSR count). The van der Waals surface area contributed by atoms with Gasteiger partial charge in [0.1, 0.15) is 11.6 Å². The lowest BCUT2D eigenvalue weighted by molar-refractivity contribution is 0.379. The summed E-state index contributed by atoms with van der Waals surface area (Å²) in [4.78, 5) is 0. The van der Waals surface area contributed by atoms with Crippen molar-refractivity contribution >= 4 is 34.0 Å². The van der Waals surface area contributed by atoms with Gasteiger partial charge in [0.2, 0.25) is 11.8 Å². The summed E-state index contributed by atoms with van der Waals surface area (Å²) in [5.74, 6) is -0.329. The zero-order chi connectivity index (χ0) is 20.8. The van der Waals surface area contributed by atoms with Crippen LogP contribution < -0.4 is 10.5 Å². The van der Waals surface area contributed by atoms with Crippen molar-refractivity contribution in [1.29, 1.82) is 5.26 Å². The minimum atomic E-state index is -0.618. The van der Waals surface area contributed by atoms with Gasteiger partial charge in [-0.2, -0.15) is 5.26 Å². The molecular weight excluding hydrogens is 419 g/mol. The Hall–Kier alpha value is -3.46. The molecule has 0 fully saturated rings. The van der Waals surface area contributed by atoms with Crippen molar-refractivity contribution in [2.24, 2.45) is 5.73 Å². The Morgan fingerprint density at radius 2 is 1.67 bits per heavy atom. The molecule has 0 radical (unpaired) electrons. The van der Waals surface area contributed by atoms with Crippen LogP contribution in [0.2, 0.25) is 10.0 Å². The average molecular weight is 433 g/mol. The Labute approximate surface area is 182 Å². The van der Waals surface area contributed by atoms with Gasteiger partial charge in [-0.15, -0.1) is 5.10 Å². The van der Waals surface area contributed by atoms with E-state index in [2.05, 4.69) is 16.3 Å². The topological polar surface area (TPSA) is 87.7 Å². The van der Waals surface area contributed by atoms with E-state index in [1.807, 2.05) is 42.5 Å². The summed E-state index contributed by atoms with van der Waals surface area (Å²) in [5, 5.41) is 20.3. The van der Waals surface area contributed by atoms with Crippen LogP contribution in [0, 0.1) is 11.3 Å². The second kappa shape index (κ2) is 7.10. The van der Waals surface area contributed by atoms with E-state index in [4.69, 9.17) is 33.7 Å². The highest BCUT2D eigenvalue weighted by Gasteiger charge is 2.37. The molecule has 0 amide bonds. The van der Waals surface area contributed by atoms with Gasteiger partial charge in [-0.05, 0) is 22.9 Å².